The average molecular weight is 456 g/mol. The van der Waals surface area contributed by atoms with Gasteiger partial charge in [0, 0.05) is 27.1 Å². The summed E-state index contributed by atoms with van der Waals surface area (Å²) in [5.41, 5.74) is 2.71. The van der Waals surface area contributed by atoms with Crippen LogP contribution in [0.15, 0.2) is 89.8 Å². The molecule has 0 fully saturated rings. The van der Waals surface area contributed by atoms with Crippen molar-refractivity contribution in [2.45, 2.75) is 11.8 Å². The van der Waals surface area contributed by atoms with E-state index in [0.717, 1.165) is 10.5 Å². The molecule has 5 nitrogen and oxygen atoms in total. The maximum atomic E-state index is 13.0. The van der Waals surface area contributed by atoms with Crippen molar-refractivity contribution in [3.8, 4) is 0 Å². The lowest BCUT2D eigenvalue weighted by Gasteiger charge is -2.11. The standard InChI is InChI=1S/C27H21NO4S/c1-17-11-13-18(14-12-17)24(29)16-33-21-8-4-7-20(15-21)28-26(30)22-9-2-5-19-6-3-10-23(25(19)22)27(31)32/h2-15H,16H2,1H3,(H,28,30)(H,31,32). The number of aryl methyl sites for hydroxylation is 1. The molecule has 0 saturated carbocycles. The Bertz CT molecular complexity index is 1360. The number of fused-ring (bicyclic) bond motifs is 1. The lowest BCUT2D eigenvalue weighted by Crippen LogP contribution is -2.13. The number of thioether (sulfide) groups is 1. The van der Waals surface area contributed by atoms with Gasteiger partial charge in [0.2, 0.25) is 0 Å². The summed E-state index contributed by atoms with van der Waals surface area (Å²) in [5.74, 6) is -1.16. The van der Waals surface area contributed by atoms with Crippen LogP contribution in [0.3, 0.4) is 0 Å². The first-order valence-electron chi connectivity index (χ1n) is 10.3. The molecule has 1 amide bonds. The van der Waals surface area contributed by atoms with Crippen molar-refractivity contribution >= 4 is 45.9 Å². The molecule has 4 rings (SSSR count). The van der Waals surface area contributed by atoms with Crippen molar-refractivity contribution in [1.82, 2.24) is 0 Å². The van der Waals surface area contributed by atoms with E-state index in [1.165, 1.54) is 17.8 Å². The fourth-order valence-electron chi connectivity index (χ4n) is 3.54. The van der Waals surface area contributed by atoms with Gasteiger partial charge in [-0.25, -0.2) is 4.79 Å². The summed E-state index contributed by atoms with van der Waals surface area (Å²) in [6.45, 7) is 1.98. The maximum Gasteiger partial charge on any atom is 0.336 e. The molecule has 0 atom stereocenters. The van der Waals surface area contributed by atoms with Crippen molar-refractivity contribution in [2.24, 2.45) is 0 Å². The molecule has 2 N–H and O–H groups in total. The molecule has 0 aliphatic heterocycles. The minimum Gasteiger partial charge on any atom is -0.478 e. The van der Waals surface area contributed by atoms with Gasteiger partial charge in [0.1, 0.15) is 0 Å². The molecule has 33 heavy (non-hydrogen) atoms. The molecule has 0 heterocycles. The van der Waals surface area contributed by atoms with Crippen molar-refractivity contribution in [1.29, 1.82) is 0 Å². The Labute approximate surface area is 195 Å². The smallest absolute Gasteiger partial charge is 0.336 e. The van der Waals surface area contributed by atoms with Gasteiger partial charge in [-0.15, -0.1) is 11.8 Å². The van der Waals surface area contributed by atoms with Gasteiger partial charge in [-0.1, -0.05) is 60.2 Å². The first-order chi connectivity index (χ1) is 15.9. The minimum atomic E-state index is -1.09. The molecular formula is C27H21NO4S. The first-order valence-corrected chi connectivity index (χ1v) is 11.3. The second kappa shape index (κ2) is 9.71. The fraction of sp³-hybridized carbons (Fsp3) is 0.0741. The molecule has 0 unspecified atom stereocenters. The predicted octanol–water partition coefficient (Wildman–Crippen LogP) is 6.07. The predicted molar refractivity (Wildman–Crippen MR) is 132 cm³/mol. The van der Waals surface area contributed by atoms with Gasteiger partial charge < -0.3 is 10.4 Å². The number of hydrogen-bond donors (Lipinski definition) is 2. The summed E-state index contributed by atoms with van der Waals surface area (Å²) in [5, 5.41) is 13.5. The van der Waals surface area contributed by atoms with Gasteiger partial charge in [0.25, 0.3) is 5.91 Å². The molecule has 164 valence electrons. The molecule has 4 aromatic carbocycles. The average Bonchev–Trinajstić information content (AvgIpc) is 2.82. The van der Waals surface area contributed by atoms with Crippen LogP contribution in [0.25, 0.3) is 10.8 Å². The maximum absolute atomic E-state index is 13.0. The van der Waals surface area contributed by atoms with Gasteiger partial charge >= 0.3 is 5.97 Å². The number of anilines is 1. The number of ketones is 1. The van der Waals surface area contributed by atoms with E-state index in [1.54, 1.807) is 48.5 Å². The second-order valence-corrected chi connectivity index (χ2v) is 8.62. The largest absolute Gasteiger partial charge is 0.478 e. The molecule has 0 spiro atoms. The summed E-state index contributed by atoms with van der Waals surface area (Å²) in [6, 6.07) is 24.8. The zero-order valence-corrected chi connectivity index (χ0v) is 18.7. The number of rotatable bonds is 7. The molecule has 0 bridgehead atoms. The van der Waals surface area contributed by atoms with E-state index >= 15 is 0 Å². The monoisotopic (exact) mass is 455 g/mol. The topological polar surface area (TPSA) is 83.5 Å². The van der Waals surface area contributed by atoms with Crippen LogP contribution in [0.4, 0.5) is 5.69 Å². The van der Waals surface area contributed by atoms with E-state index in [-0.39, 0.29) is 22.7 Å². The zero-order valence-electron chi connectivity index (χ0n) is 17.9. The second-order valence-electron chi connectivity index (χ2n) is 7.57. The van der Waals surface area contributed by atoms with Crippen LogP contribution < -0.4 is 5.32 Å². The van der Waals surface area contributed by atoms with Gasteiger partial charge in [-0.3, -0.25) is 9.59 Å². The van der Waals surface area contributed by atoms with Gasteiger partial charge in [0.05, 0.1) is 11.3 Å². The van der Waals surface area contributed by atoms with Crippen LogP contribution in [0.5, 0.6) is 0 Å². The van der Waals surface area contributed by atoms with Crippen molar-refractivity contribution in [2.75, 3.05) is 11.1 Å². The van der Waals surface area contributed by atoms with Gasteiger partial charge in [0.15, 0.2) is 5.78 Å². The zero-order chi connectivity index (χ0) is 23.4. The fourth-order valence-corrected chi connectivity index (χ4v) is 4.39. The Balaban J connectivity index is 1.51. The third kappa shape index (κ3) is 5.13. The Morgan fingerprint density at radius 2 is 1.52 bits per heavy atom. The number of Topliss-reactive ketones (excluding diaryl/α,β-unsaturated/α-hetero) is 1. The van der Waals surface area contributed by atoms with E-state index in [2.05, 4.69) is 5.32 Å². The lowest BCUT2D eigenvalue weighted by atomic mass is 9.98. The number of nitrogens with one attached hydrogen (secondary N) is 1. The summed E-state index contributed by atoms with van der Waals surface area (Å²) in [6.07, 6.45) is 0. The third-order valence-electron chi connectivity index (χ3n) is 5.22. The van der Waals surface area contributed by atoms with Gasteiger partial charge in [-0.05, 0) is 42.6 Å². The molecule has 0 saturated heterocycles. The minimum absolute atomic E-state index is 0.0337. The highest BCUT2D eigenvalue weighted by atomic mass is 32.2. The molecule has 4 aromatic rings. The molecule has 0 aliphatic rings. The Hall–Kier alpha value is -3.90. The van der Waals surface area contributed by atoms with Crippen LogP contribution >= 0.6 is 11.8 Å². The van der Waals surface area contributed by atoms with E-state index in [4.69, 9.17) is 0 Å². The van der Waals surface area contributed by atoms with Gasteiger partial charge in [-0.2, -0.15) is 0 Å². The van der Waals surface area contributed by atoms with Crippen LogP contribution in [0.2, 0.25) is 0 Å². The lowest BCUT2D eigenvalue weighted by molar-refractivity contribution is 0.0698. The molecule has 0 aliphatic carbocycles. The number of benzene rings is 4. The summed E-state index contributed by atoms with van der Waals surface area (Å²) >= 11 is 1.39. The SMILES string of the molecule is Cc1ccc(C(=O)CSc2cccc(NC(=O)c3cccc4cccc(C(=O)O)c34)c2)cc1. The number of aromatic carboxylic acids is 1. The van der Waals surface area contributed by atoms with E-state index < -0.39 is 11.9 Å². The normalized spacial score (nSPS) is 10.7. The number of carbonyl (C=O) groups excluding carboxylic acids is 2. The van der Waals surface area contributed by atoms with Crippen molar-refractivity contribution < 1.29 is 19.5 Å². The Morgan fingerprint density at radius 3 is 2.21 bits per heavy atom. The van der Waals surface area contributed by atoms with Crippen LogP contribution in [-0.4, -0.2) is 28.5 Å². The molecular weight excluding hydrogens is 434 g/mol. The van der Waals surface area contributed by atoms with E-state index in [1.807, 2.05) is 37.3 Å². The van der Waals surface area contributed by atoms with Crippen LogP contribution in [0, 0.1) is 6.92 Å². The van der Waals surface area contributed by atoms with E-state index in [0.29, 0.717) is 22.0 Å². The molecule has 0 aromatic heterocycles. The number of carboxylic acid groups (broad SMARTS) is 1. The number of carboxylic acids is 1. The summed E-state index contributed by atoms with van der Waals surface area (Å²) in [4.78, 5) is 38.0. The van der Waals surface area contributed by atoms with Crippen molar-refractivity contribution in [3.63, 3.8) is 0 Å². The Morgan fingerprint density at radius 1 is 0.848 bits per heavy atom. The quantitative estimate of drug-likeness (QED) is 0.261. The summed E-state index contributed by atoms with van der Waals surface area (Å²) in [7, 11) is 0. The van der Waals surface area contributed by atoms with Crippen LogP contribution in [-0.2, 0) is 0 Å². The number of hydrogen-bond acceptors (Lipinski definition) is 4. The number of amides is 1. The first kappa shape index (κ1) is 22.3. The summed E-state index contributed by atoms with van der Waals surface area (Å²) < 4.78 is 0. The molecule has 0 radical (unpaired) electrons. The highest BCUT2D eigenvalue weighted by Crippen LogP contribution is 2.26. The van der Waals surface area contributed by atoms with E-state index in [9.17, 15) is 19.5 Å². The highest BCUT2D eigenvalue weighted by molar-refractivity contribution is 8.00. The highest BCUT2D eigenvalue weighted by Gasteiger charge is 2.17. The third-order valence-corrected chi connectivity index (χ3v) is 6.21. The van der Waals surface area contributed by atoms with Crippen molar-refractivity contribution in [3.05, 3.63) is 107 Å². The molecule has 6 heteroatoms. The van der Waals surface area contributed by atoms with Crippen LogP contribution in [0.1, 0.15) is 36.6 Å². The Kier molecular flexibility index (Phi) is 6.56. The number of carbonyl (C=O) groups is 3.